The minimum Gasteiger partial charge on any atom is -0.342 e. The number of carbonyl (C=O) groups is 2. The average molecular weight is 322 g/mol. The highest BCUT2D eigenvalue weighted by Gasteiger charge is 2.19. The number of hydrogen-bond acceptors (Lipinski definition) is 4. The third-order valence-electron chi connectivity index (χ3n) is 3.64. The molecule has 0 bridgehead atoms. The molecule has 23 heavy (non-hydrogen) atoms. The normalized spacial score (nSPS) is 10.4. The fourth-order valence-electron chi connectivity index (χ4n) is 2.18. The van der Waals surface area contributed by atoms with Crippen LogP contribution in [-0.2, 0) is 11.3 Å². The van der Waals surface area contributed by atoms with E-state index in [1.807, 2.05) is 20.8 Å². The summed E-state index contributed by atoms with van der Waals surface area (Å²) in [6.07, 6.45) is 1.76. The minimum absolute atomic E-state index is 0.00369. The molecular formula is C16H26N4O3. The maximum absolute atomic E-state index is 12.4. The monoisotopic (exact) mass is 322 g/mol. The van der Waals surface area contributed by atoms with Crippen molar-refractivity contribution in [1.82, 2.24) is 19.6 Å². The van der Waals surface area contributed by atoms with Crippen LogP contribution < -0.4 is 5.56 Å². The van der Waals surface area contributed by atoms with E-state index < -0.39 is 0 Å². The van der Waals surface area contributed by atoms with Gasteiger partial charge >= 0.3 is 0 Å². The molecule has 0 aliphatic rings. The first-order valence-corrected chi connectivity index (χ1v) is 8.05. The van der Waals surface area contributed by atoms with Crippen LogP contribution in [0.1, 0.15) is 44.1 Å². The zero-order chi connectivity index (χ0) is 17.4. The SMILES string of the molecule is CCCCn1nc(C(=O)N(C)CC(=O)N(CC)CC)ccc1=O. The predicted molar refractivity (Wildman–Crippen MR) is 88.3 cm³/mol. The van der Waals surface area contributed by atoms with Crippen molar-refractivity contribution < 1.29 is 9.59 Å². The molecule has 0 spiro atoms. The Bertz CT molecular complexity index is 593. The molecule has 0 aliphatic heterocycles. The molecule has 1 rings (SSSR count). The number of unbranched alkanes of at least 4 members (excludes halogenated alkanes) is 1. The molecule has 7 nitrogen and oxygen atoms in total. The van der Waals surface area contributed by atoms with Crippen molar-refractivity contribution in [3.63, 3.8) is 0 Å². The summed E-state index contributed by atoms with van der Waals surface area (Å²) in [5.74, 6) is -0.471. The third-order valence-corrected chi connectivity index (χ3v) is 3.64. The summed E-state index contributed by atoms with van der Waals surface area (Å²) in [4.78, 5) is 39.2. The highest BCUT2D eigenvalue weighted by atomic mass is 16.2. The third kappa shape index (κ3) is 5.19. The first kappa shape index (κ1) is 18.9. The van der Waals surface area contributed by atoms with Gasteiger partial charge in [0.05, 0.1) is 6.54 Å². The molecule has 1 aromatic rings. The molecule has 0 saturated heterocycles. The molecule has 0 aromatic carbocycles. The first-order valence-electron chi connectivity index (χ1n) is 8.05. The number of rotatable bonds is 8. The van der Waals surface area contributed by atoms with Crippen LogP contribution in [-0.4, -0.2) is 58.1 Å². The second-order valence-corrected chi connectivity index (χ2v) is 5.36. The fraction of sp³-hybridized carbons (Fsp3) is 0.625. The van der Waals surface area contributed by atoms with Gasteiger partial charge in [-0.1, -0.05) is 13.3 Å². The fourth-order valence-corrected chi connectivity index (χ4v) is 2.18. The van der Waals surface area contributed by atoms with Crippen LogP contribution in [0.3, 0.4) is 0 Å². The van der Waals surface area contributed by atoms with Crippen molar-refractivity contribution >= 4 is 11.8 Å². The number of amides is 2. The number of aryl methyl sites for hydroxylation is 1. The van der Waals surface area contributed by atoms with Crippen molar-refractivity contribution in [3.05, 3.63) is 28.2 Å². The van der Waals surface area contributed by atoms with Gasteiger partial charge in [-0.2, -0.15) is 5.10 Å². The predicted octanol–water partition coefficient (Wildman–Crippen LogP) is 0.984. The lowest BCUT2D eigenvalue weighted by Crippen LogP contribution is -2.41. The Hall–Kier alpha value is -2.18. The van der Waals surface area contributed by atoms with E-state index in [4.69, 9.17) is 0 Å². The molecule has 0 atom stereocenters. The van der Waals surface area contributed by atoms with E-state index in [1.54, 1.807) is 11.9 Å². The standard InChI is InChI=1S/C16H26N4O3/c1-5-8-11-20-14(21)10-9-13(17-20)16(23)18(4)12-15(22)19(6-2)7-3/h9-10H,5-8,11-12H2,1-4H3. The van der Waals surface area contributed by atoms with Crippen molar-refractivity contribution in [1.29, 1.82) is 0 Å². The van der Waals surface area contributed by atoms with E-state index in [1.165, 1.54) is 21.7 Å². The minimum atomic E-state index is -0.365. The van der Waals surface area contributed by atoms with Crippen molar-refractivity contribution in [2.24, 2.45) is 0 Å². The van der Waals surface area contributed by atoms with Gasteiger partial charge in [-0.25, -0.2) is 4.68 Å². The van der Waals surface area contributed by atoms with E-state index in [0.29, 0.717) is 19.6 Å². The lowest BCUT2D eigenvalue weighted by Gasteiger charge is -2.23. The first-order chi connectivity index (χ1) is 10.9. The average Bonchev–Trinajstić information content (AvgIpc) is 2.54. The maximum atomic E-state index is 12.4. The molecule has 0 saturated carbocycles. The Morgan fingerprint density at radius 1 is 1.17 bits per heavy atom. The van der Waals surface area contributed by atoms with Gasteiger partial charge in [0.2, 0.25) is 5.91 Å². The molecule has 1 heterocycles. The smallest absolute Gasteiger partial charge is 0.274 e. The van der Waals surface area contributed by atoms with Crippen LogP contribution in [0.2, 0.25) is 0 Å². The largest absolute Gasteiger partial charge is 0.342 e. The number of hydrogen-bond donors (Lipinski definition) is 0. The second kappa shape index (κ2) is 9.07. The van der Waals surface area contributed by atoms with Gasteiger partial charge in [0.1, 0.15) is 5.69 Å². The molecule has 0 fully saturated rings. The Morgan fingerprint density at radius 2 is 1.83 bits per heavy atom. The van der Waals surface area contributed by atoms with E-state index in [2.05, 4.69) is 5.10 Å². The Labute approximate surface area is 136 Å². The summed E-state index contributed by atoms with van der Waals surface area (Å²) >= 11 is 0. The number of carbonyl (C=O) groups excluding carboxylic acids is 2. The quantitative estimate of drug-likeness (QED) is 0.715. The van der Waals surface area contributed by atoms with Crippen LogP contribution in [0.4, 0.5) is 0 Å². The van der Waals surface area contributed by atoms with Gasteiger partial charge in [0, 0.05) is 32.7 Å². The van der Waals surface area contributed by atoms with Gasteiger partial charge in [-0.15, -0.1) is 0 Å². The molecule has 2 amide bonds. The Balaban J connectivity index is 2.83. The van der Waals surface area contributed by atoms with E-state index in [9.17, 15) is 14.4 Å². The van der Waals surface area contributed by atoms with Crippen molar-refractivity contribution in [2.75, 3.05) is 26.7 Å². The zero-order valence-electron chi connectivity index (χ0n) is 14.4. The zero-order valence-corrected chi connectivity index (χ0v) is 14.4. The molecule has 128 valence electrons. The van der Waals surface area contributed by atoms with Gasteiger partial charge in [0.25, 0.3) is 11.5 Å². The summed E-state index contributed by atoms with van der Waals surface area (Å²) in [6.45, 7) is 7.51. The second-order valence-electron chi connectivity index (χ2n) is 5.36. The van der Waals surface area contributed by atoms with Crippen LogP contribution in [0.25, 0.3) is 0 Å². The van der Waals surface area contributed by atoms with E-state index >= 15 is 0 Å². The molecule has 7 heteroatoms. The van der Waals surface area contributed by atoms with Crippen molar-refractivity contribution in [3.8, 4) is 0 Å². The molecule has 0 radical (unpaired) electrons. The summed E-state index contributed by atoms with van der Waals surface area (Å²) in [5, 5.41) is 4.11. The molecule has 0 unspecified atom stereocenters. The van der Waals surface area contributed by atoms with Crippen LogP contribution in [0.15, 0.2) is 16.9 Å². The highest BCUT2D eigenvalue weighted by Crippen LogP contribution is 2.00. The molecule has 1 aromatic heterocycles. The molecule has 0 N–H and O–H groups in total. The van der Waals surface area contributed by atoms with E-state index in [0.717, 1.165) is 12.8 Å². The lowest BCUT2D eigenvalue weighted by atomic mass is 10.3. The summed E-state index contributed by atoms with van der Waals surface area (Å²) in [6, 6.07) is 2.75. The van der Waals surface area contributed by atoms with Crippen LogP contribution in [0.5, 0.6) is 0 Å². The number of nitrogens with zero attached hydrogens (tertiary/aromatic N) is 4. The van der Waals surface area contributed by atoms with Gasteiger partial charge < -0.3 is 9.80 Å². The molecular weight excluding hydrogens is 296 g/mol. The van der Waals surface area contributed by atoms with Gasteiger partial charge in [-0.3, -0.25) is 14.4 Å². The number of aromatic nitrogens is 2. The maximum Gasteiger partial charge on any atom is 0.274 e. The summed E-state index contributed by atoms with van der Waals surface area (Å²) in [5.41, 5.74) is -0.0487. The number of likely N-dealkylation sites (N-methyl/N-ethyl adjacent to an activating group) is 2. The lowest BCUT2D eigenvalue weighted by molar-refractivity contribution is -0.131. The summed E-state index contributed by atoms with van der Waals surface area (Å²) in [7, 11) is 1.56. The van der Waals surface area contributed by atoms with Crippen LogP contribution >= 0.6 is 0 Å². The van der Waals surface area contributed by atoms with Crippen molar-refractivity contribution in [2.45, 2.75) is 40.2 Å². The Kier molecular flexibility index (Phi) is 7.44. The highest BCUT2D eigenvalue weighted by molar-refractivity contribution is 5.94. The topological polar surface area (TPSA) is 75.5 Å². The Morgan fingerprint density at radius 3 is 2.39 bits per heavy atom. The van der Waals surface area contributed by atoms with E-state index in [-0.39, 0.29) is 29.6 Å². The molecule has 0 aliphatic carbocycles. The van der Waals surface area contributed by atoms with Crippen LogP contribution in [0, 0.1) is 0 Å². The van der Waals surface area contributed by atoms with Gasteiger partial charge in [-0.05, 0) is 26.3 Å². The van der Waals surface area contributed by atoms with Gasteiger partial charge in [0.15, 0.2) is 0 Å². The summed E-state index contributed by atoms with van der Waals surface area (Å²) < 4.78 is 1.30.